The number of fused-ring (bicyclic) bond motifs is 1. The molecule has 0 saturated carbocycles. The predicted molar refractivity (Wildman–Crippen MR) is 119 cm³/mol. The van der Waals surface area contributed by atoms with Crippen molar-refractivity contribution in [3.8, 4) is 11.3 Å². The third-order valence-electron chi connectivity index (χ3n) is 6.49. The second-order valence-corrected chi connectivity index (χ2v) is 9.45. The lowest BCUT2D eigenvalue weighted by Gasteiger charge is -2.40. The van der Waals surface area contributed by atoms with Gasteiger partial charge in [-0.15, -0.1) is 0 Å². The number of hydrogen-bond donors (Lipinski definition) is 1. The van der Waals surface area contributed by atoms with Gasteiger partial charge in [0.2, 0.25) is 0 Å². The highest BCUT2D eigenvalue weighted by molar-refractivity contribution is 5.76. The Bertz CT molecular complexity index is 1250. The molecule has 0 radical (unpaired) electrons. The molecule has 0 aliphatic carbocycles. The SMILES string of the molecule is Cc1nc2c(F)c(-c3ccc(C(F)(F)F)cc3)nn2c(N2CCC[C@](C)(C(=O)O)C2)c1C(C)C. The number of piperidine rings is 1. The summed E-state index contributed by atoms with van der Waals surface area (Å²) in [6, 6.07) is 4.15. The highest BCUT2D eigenvalue weighted by Crippen LogP contribution is 2.39. The van der Waals surface area contributed by atoms with Crippen molar-refractivity contribution in [1.82, 2.24) is 14.6 Å². The Hall–Kier alpha value is -3.17. The summed E-state index contributed by atoms with van der Waals surface area (Å²) in [5, 5.41) is 14.2. The van der Waals surface area contributed by atoms with Gasteiger partial charge in [0.05, 0.1) is 11.0 Å². The van der Waals surface area contributed by atoms with Gasteiger partial charge in [-0.3, -0.25) is 4.79 Å². The number of hydrogen-bond acceptors (Lipinski definition) is 4. The monoisotopic (exact) mass is 478 g/mol. The fourth-order valence-electron chi connectivity index (χ4n) is 4.71. The van der Waals surface area contributed by atoms with E-state index in [1.807, 2.05) is 18.7 Å². The van der Waals surface area contributed by atoms with Gasteiger partial charge in [0.1, 0.15) is 11.5 Å². The van der Waals surface area contributed by atoms with Gasteiger partial charge < -0.3 is 10.0 Å². The molecule has 4 rings (SSSR count). The topological polar surface area (TPSA) is 70.7 Å². The molecule has 1 N–H and O–H groups in total. The molecule has 3 aromatic rings. The molecule has 10 heteroatoms. The Morgan fingerprint density at radius 3 is 2.41 bits per heavy atom. The van der Waals surface area contributed by atoms with E-state index in [9.17, 15) is 23.1 Å². The van der Waals surface area contributed by atoms with Crippen LogP contribution in [-0.4, -0.2) is 38.8 Å². The van der Waals surface area contributed by atoms with Crippen molar-refractivity contribution in [2.24, 2.45) is 5.41 Å². The minimum atomic E-state index is -4.50. The van der Waals surface area contributed by atoms with E-state index in [0.717, 1.165) is 17.7 Å². The molecule has 1 aromatic carbocycles. The van der Waals surface area contributed by atoms with Crippen LogP contribution in [0, 0.1) is 18.2 Å². The van der Waals surface area contributed by atoms with Crippen LogP contribution >= 0.6 is 0 Å². The van der Waals surface area contributed by atoms with Gasteiger partial charge in [-0.05, 0) is 44.7 Å². The number of aliphatic carboxylic acids is 1. The quantitative estimate of drug-likeness (QED) is 0.489. The lowest BCUT2D eigenvalue weighted by atomic mass is 9.81. The van der Waals surface area contributed by atoms with E-state index >= 15 is 4.39 Å². The first-order valence-corrected chi connectivity index (χ1v) is 11.1. The number of halogens is 4. The zero-order chi connectivity index (χ0) is 25.0. The summed E-state index contributed by atoms with van der Waals surface area (Å²) in [6.45, 7) is 8.19. The predicted octanol–water partition coefficient (Wildman–Crippen LogP) is 5.68. The van der Waals surface area contributed by atoms with Crippen molar-refractivity contribution in [3.05, 3.63) is 46.9 Å². The van der Waals surface area contributed by atoms with Gasteiger partial charge in [0.25, 0.3) is 0 Å². The maximum Gasteiger partial charge on any atom is 0.416 e. The van der Waals surface area contributed by atoms with Crippen molar-refractivity contribution in [1.29, 1.82) is 0 Å². The van der Waals surface area contributed by atoms with Gasteiger partial charge in [-0.1, -0.05) is 26.0 Å². The average molecular weight is 478 g/mol. The third-order valence-corrected chi connectivity index (χ3v) is 6.49. The number of carboxylic acid groups (broad SMARTS) is 1. The van der Waals surface area contributed by atoms with Crippen molar-refractivity contribution in [3.63, 3.8) is 0 Å². The van der Waals surface area contributed by atoms with E-state index in [4.69, 9.17) is 0 Å². The second kappa shape index (κ2) is 8.25. The van der Waals surface area contributed by atoms with Crippen LogP contribution in [0.2, 0.25) is 0 Å². The van der Waals surface area contributed by atoms with Gasteiger partial charge in [0, 0.05) is 29.9 Å². The number of nitrogens with zero attached hydrogens (tertiary/aromatic N) is 4. The molecule has 34 heavy (non-hydrogen) atoms. The molecule has 0 amide bonds. The smallest absolute Gasteiger partial charge is 0.416 e. The molecule has 1 fully saturated rings. The molecule has 3 heterocycles. The Morgan fingerprint density at radius 1 is 1.21 bits per heavy atom. The fourth-order valence-corrected chi connectivity index (χ4v) is 4.71. The second-order valence-electron chi connectivity index (χ2n) is 9.45. The van der Waals surface area contributed by atoms with E-state index in [1.165, 1.54) is 16.6 Å². The van der Waals surface area contributed by atoms with Crippen LogP contribution in [0.25, 0.3) is 16.9 Å². The van der Waals surface area contributed by atoms with E-state index in [0.29, 0.717) is 30.9 Å². The molecular weight excluding hydrogens is 452 g/mol. The summed E-state index contributed by atoms with van der Waals surface area (Å²) in [7, 11) is 0. The maximum atomic E-state index is 15.5. The van der Waals surface area contributed by atoms with E-state index < -0.39 is 28.9 Å². The van der Waals surface area contributed by atoms with Crippen LogP contribution in [0.5, 0.6) is 0 Å². The number of carboxylic acids is 1. The molecule has 2 aromatic heterocycles. The Morgan fingerprint density at radius 2 is 1.85 bits per heavy atom. The molecule has 1 aliphatic heterocycles. The van der Waals surface area contributed by atoms with Crippen LogP contribution in [-0.2, 0) is 11.0 Å². The van der Waals surface area contributed by atoms with E-state index in [1.54, 1.807) is 13.8 Å². The average Bonchev–Trinajstić information content (AvgIpc) is 3.08. The van der Waals surface area contributed by atoms with E-state index in [2.05, 4.69) is 10.1 Å². The van der Waals surface area contributed by atoms with E-state index in [-0.39, 0.29) is 29.4 Å². The maximum absolute atomic E-state index is 15.5. The first-order valence-electron chi connectivity index (χ1n) is 11.1. The Kier molecular flexibility index (Phi) is 5.81. The Balaban J connectivity index is 1.91. The summed E-state index contributed by atoms with van der Waals surface area (Å²) >= 11 is 0. The third kappa shape index (κ3) is 3.99. The summed E-state index contributed by atoms with van der Waals surface area (Å²) in [5.41, 5.74) is -0.354. The fraction of sp³-hybridized carbons (Fsp3) is 0.458. The minimum absolute atomic E-state index is 0.00769. The molecule has 6 nitrogen and oxygen atoms in total. The zero-order valence-electron chi connectivity index (χ0n) is 19.4. The molecule has 0 spiro atoms. The summed E-state index contributed by atoms with van der Waals surface area (Å²) < 4.78 is 55.8. The van der Waals surface area contributed by atoms with Crippen LogP contribution in [0.3, 0.4) is 0 Å². The first kappa shape index (κ1) is 24.0. The van der Waals surface area contributed by atoms with Crippen LogP contribution in [0.4, 0.5) is 23.4 Å². The number of aryl methyl sites for hydroxylation is 1. The van der Waals surface area contributed by atoms with Crippen LogP contribution in [0.1, 0.15) is 56.4 Å². The summed E-state index contributed by atoms with van der Waals surface area (Å²) in [6.07, 6.45) is -3.34. The number of alkyl halides is 3. The molecule has 1 atom stereocenters. The van der Waals surface area contributed by atoms with Gasteiger partial charge in [0.15, 0.2) is 11.5 Å². The normalized spacial score (nSPS) is 19.3. The summed E-state index contributed by atoms with van der Waals surface area (Å²) in [5.74, 6) is -1.08. The molecule has 1 saturated heterocycles. The lowest BCUT2D eigenvalue weighted by Crippen LogP contribution is -2.47. The lowest BCUT2D eigenvalue weighted by molar-refractivity contribution is -0.148. The number of anilines is 1. The number of rotatable bonds is 4. The largest absolute Gasteiger partial charge is 0.481 e. The van der Waals surface area contributed by atoms with Gasteiger partial charge in [-0.25, -0.2) is 9.37 Å². The highest BCUT2D eigenvalue weighted by atomic mass is 19.4. The van der Waals surface area contributed by atoms with Gasteiger partial charge in [-0.2, -0.15) is 22.8 Å². The molecular formula is C24H26F4N4O2. The van der Waals surface area contributed by atoms with Crippen molar-refractivity contribution in [2.45, 2.75) is 52.6 Å². The molecule has 0 unspecified atom stereocenters. The zero-order valence-corrected chi connectivity index (χ0v) is 19.4. The van der Waals surface area contributed by atoms with Crippen molar-refractivity contribution < 1.29 is 27.5 Å². The molecule has 1 aliphatic rings. The van der Waals surface area contributed by atoms with Crippen LogP contribution < -0.4 is 4.90 Å². The van der Waals surface area contributed by atoms with Gasteiger partial charge >= 0.3 is 12.1 Å². The standard InChI is InChI=1S/C24H26F4N4O2/c1-13(2)17-14(3)29-20-18(25)19(15-6-8-16(9-7-15)24(26,27)28)30-32(20)21(17)31-11-5-10-23(4,12-31)22(33)34/h6-9,13H,5,10-12H2,1-4H3,(H,33,34)/t23-/m0/s1. The van der Waals surface area contributed by atoms with Crippen LogP contribution in [0.15, 0.2) is 24.3 Å². The number of carbonyl (C=O) groups is 1. The minimum Gasteiger partial charge on any atom is -0.481 e. The molecule has 182 valence electrons. The van der Waals surface area contributed by atoms with Crippen molar-refractivity contribution >= 4 is 17.4 Å². The number of aromatic nitrogens is 3. The number of benzene rings is 1. The van der Waals surface area contributed by atoms with Crippen molar-refractivity contribution in [2.75, 3.05) is 18.0 Å². The first-order chi connectivity index (χ1) is 15.8. The highest BCUT2D eigenvalue weighted by Gasteiger charge is 2.40. The Labute approximate surface area is 194 Å². The molecule has 0 bridgehead atoms. The summed E-state index contributed by atoms with van der Waals surface area (Å²) in [4.78, 5) is 18.3.